The van der Waals surface area contributed by atoms with E-state index in [0.29, 0.717) is 29.8 Å². The molecule has 0 bridgehead atoms. The van der Waals surface area contributed by atoms with Crippen molar-refractivity contribution in [2.75, 3.05) is 19.9 Å². The van der Waals surface area contributed by atoms with E-state index in [0.717, 1.165) is 36.1 Å². The molecule has 2 aromatic carbocycles. The number of fused-ring (bicyclic) bond motifs is 1. The molecule has 1 fully saturated rings. The molecule has 0 unspecified atom stereocenters. The van der Waals surface area contributed by atoms with Crippen molar-refractivity contribution in [1.29, 1.82) is 0 Å². The molecule has 29 heavy (non-hydrogen) atoms. The molecule has 7 heteroatoms. The largest absolute Gasteiger partial charge is 0.454 e. The fraction of sp³-hybridized carbons (Fsp3) is 0.318. The van der Waals surface area contributed by atoms with Crippen molar-refractivity contribution in [2.24, 2.45) is 0 Å². The molecule has 0 saturated carbocycles. The van der Waals surface area contributed by atoms with E-state index in [1.54, 1.807) is 0 Å². The highest BCUT2D eigenvalue weighted by atomic mass is 16.7. The third kappa shape index (κ3) is 3.44. The third-order valence-corrected chi connectivity index (χ3v) is 5.38. The zero-order chi connectivity index (χ0) is 19.8. The number of hydrogen-bond acceptors (Lipinski definition) is 6. The van der Waals surface area contributed by atoms with Crippen LogP contribution in [0.25, 0.3) is 11.5 Å². The van der Waals surface area contributed by atoms with Gasteiger partial charge < -0.3 is 18.8 Å². The van der Waals surface area contributed by atoms with Crippen molar-refractivity contribution in [3.8, 4) is 23.0 Å². The van der Waals surface area contributed by atoms with Crippen molar-refractivity contribution in [2.45, 2.75) is 25.7 Å². The highest BCUT2D eigenvalue weighted by Gasteiger charge is 2.29. The van der Waals surface area contributed by atoms with Gasteiger partial charge in [0, 0.05) is 24.2 Å². The van der Waals surface area contributed by atoms with E-state index in [1.807, 2.05) is 54.3 Å². The highest BCUT2D eigenvalue weighted by molar-refractivity contribution is 5.94. The van der Waals surface area contributed by atoms with Crippen molar-refractivity contribution >= 4 is 5.91 Å². The molecule has 1 amide bonds. The van der Waals surface area contributed by atoms with E-state index >= 15 is 0 Å². The topological polar surface area (TPSA) is 77.7 Å². The molecule has 0 N–H and O–H groups in total. The van der Waals surface area contributed by atoms with E-state index in [9.17, 15) is 4.79 Å². The molecular formula is C22H21N3O4. The molecule has 2 aliphatic heterocycles. The van der Waals surface area contributed by atoms with E-state index in [1.165, 1.54) is 0 Å². The Morgan fingerprint density at radius 3 is 2.90 bits per heavy atom. The molecule has 1 aromatic heterocycles. The average molecular weight is 391 g/mol. The second-order valence-electron chi connectivity index (χ2n) is 7.47. The molecule has 3 heterocycles. The average Bonchev–Trinajstić information content (AvgIpc) is 3.42. The summed E-state index contributed by atoms with van der Waals surface area (Å²) in [7, 11) is 0. The fourth-order valence-electron chi connectivity index (χ4n) is 3.87. The van der Waals surface area contributed by atoms with E-state index < -0.39 is 0 Å². The lowest BCUT2D eigenvalue weighted by Crippen LogP contribution is -2.39. The van der Waals surface area contributed by atoms with Crippen LogP contribution in [0.2, 0.25) is 0 Å². The number of likely N-dealkylation sites (tertiary alicyclic amines) is 1. The lowest BCUT2D eigenvalue weighted by atomic mass is 9.97. The van der Waals surface area contributed by atoms with Crippen LogP contribution in [0.15, 0.2) is 46.9 Å². The molecular weight excluding hydrogens is 370 g/mol. The third-order valence-electron chi connectivity index (χ3n) is 5.38. The van der Waals surface area contributed by atoms with Crippen LogP contribution in [0, 0.1) is 6.92 Å². The number of carbonyl (C=O) groups excluding carboxylic acids is 1. The van der Waals surface area contributed by atoms with E-state index in [2.05, 4.69) is 10.2 Å². The number of hydrogen-bond donors (Lipinski definition) is 0. The Morgan fingerprint density at radius 2 is 2.00 bits per heavy atom. The Kier molecular flexibility index (Phi) is 4.42. The summed E-state index contributed by atoms with van der Waals surface area (Å²) >= 11 is 0. The van der Waals surface area contributed by atoms with E-state index in [4.69, 9.17) is 13.9 Å². The smallest absolute Gasteiger partial charge is 0.253 e. The number of aromatic nitrogens is 2. The Bertz CT molecular complexity index is 1060. The Labute approximate surface area is 168 Å². The minimum Gasteiger partial charge on any atom is -0.454 e. The van der Waals surface area contributed by atoms with Gasteiger partial charge in [0.05, 0.1) is 5.92 Å². The molecule has 0 aliphatic carbocycles. The second kappa shape index (κ2) is 7.24. The molecule has 0 radical (unpaired) electrons. The summed E-state index contributed by atoms with van der Waals surface area (Å²) < 4.78 is 16.7. The number of ether oxygens (including phenoxy) is 2. The summed E-state index contributed by atoms with van der Waals surface area (Å²) in [5.74, 6) is 2.49. The predicted molar refractivity (Wildman–Crippen MR) is 105 cm³/mol. The highest BCUT2D eigenvalue weighted by Crippen LogP contribution is 2.36. The van der Waals surface area contributed by atoms with Gasteiger partial charge in [-0.1, -0.05) is 17.7 Å². The lowest BCUT2D eigenvalue weighted by molar-refractivity contribution is 0.0698. The molecule has 0 spiro atoms. The monoisotopic (exact) mass is 391 g/mol. The van der Waals surface area contributed by atoms with Gasteiger partial charge in [0.15, 0.2) is 11.5 Å². The molecule has 2 aliphatic rings. The standard InChI is InChI=1S/C22H21N3O4/c1-14-4-2-5-16(10-14)22(26)25-9-3-6-17(12-25)21-24-23-20(29-21)15-7-8-18-19(11-15)28-13-27-18/h2,4-5,7-8,10-11,17H,3,6,9,12-13H2,1H3/t17-/m1/s1. The number of benzene rings is 2. The number of nitrogens with zero attached hydrogens (tertiary/aromatic N) is 3. The lowest BCUT2D eigenvalue weighted by Gasteiger charge is -2.31. The number of aryl methyl sites for hydroxylation is 1. The van der Waals surface area contributed by atoms with Crippen LogP contribution < -0.4 is 9.47 Å². The predicted octanol–water partition coefficient (Wildman–Crippen LogP) is 3.79. The Balaban J connectivity index is 1.33. The summed E-state index contributed by atoms with van der Waals surface area (Å²) in [6, 6.07) is 13.3. The van der Waals surface area contributed by atoms with Gasteiger partial charge >= 0.3 is 0 Å². The molecule has 148 valence electrons. The van der Waals surface area contributed by atoms with Gasteiger partial charge in [0.1, 0.15) is 0 Å². The van der Waals surface area contributed by atoms with Crippen LogP contribution in [0.3, 0.4) is 0 Å². The maximum Gasteiger partial charge on any atom is 0.253 e. The molecule has 1 atom stereocenters. The summed E-state index contributed by atoms with van der Waals surface area (Å²) in [4.78, 5) is 14.8. The summed E-state index contributed by atoms with van der Waals surface area (Å²) in [6.07, 6.45) is 1.82. The van der Waals surface area contributed by atoms with Crippen molar-refractivity contribution in [1.82, 2.24) is 15.1 Å². The molecule has 1 saturated heterocycles. The minimum absolute atomic E-state index is 0.0350. The van der Waals surface area contributed by atoms with Crippen LogP contribution in [-0.2, 0) is 0 Å². The zero-order valence-corrected chi connectivity index (χ0v) is 16.1. The summed E-state index contributed by atoms with van der Waals surface area (Å²) in [5, 5.41) is 8.47. The maximum absolute atomic E-state index is 12.9. The number of amides is 1. The number of piperidine rings is 1. The van der Waals surface area contributed by atoms with Crippen LogP contribution in [0.1, 0.15) is 40.6 Å². The van der Waals surface area contributed by atoms with Crippen LogP contribution in [0.4, 0.5) is 0 Å². The summed E-state index contributed by atoms with van der Waals surface area (Å²) in [5.41, 5.74) is 2.59. The zero-order valence-electron chi connectivity index (χ0n) is 16.1. The maximum atomic E-state index is 12.9. The summed E-state index contributed by atoms with van der Waals surface area (Å²) in [6.45, 7) is 3.54. The van der Waals surface area contributed by atoms with Gasteiger partial charge in [-0.3, -0.25) is 4.79 Å². The number of carbonyl (C=O) groups is 1. The second-order valence-corrected chi connectivity index (χ2v) is 7.47. The number of rotatable bonds is 3. The van der Waals surface area contributed by atoms with Crippen molar-refractivity contribution < 1.29 is 18.7 Å². The minimum atomic E-state index is 0.0350. The van der Waals surface area contributed by atoms with Gasteiger partial charge in [-0.2, -0.15) is 0 Å². The van der Waals surface area contributed by atoms with Gasteiger partial charge in [0.2, 0.25) is 18.6 Å². The SMILES string of the molecule is Cc1cccc(C(=O)N2CCC[C@@H](c3nnc(-c4ccc5c(c4)OCO5)o3)C2)c1. The quantitative estimate of drug-likeness (QED) is 0.676. The Hall–Kier alpha value is -3.35. The normalized spacial score (nSPS) is 18.1. The van der Waals surface area contributed by atoms with Gasteiger partial charge in [-0.15, -0.1) is 10.2 Å². The van der Waals surface area contributed by atoms with Crippen LogP contribution in [-0.4, -0.2) is 40.9 Å². The van der Waals surface area contributed by atoms with E-state index in [-0.39, 0.29) is 18.6 Å². The fourth-order valence-corrected chi connectivity index (χ4v) is 3.87. The van der Waals surface area contributed by atoms with Crippen LogP contribution >= 0.6 is 0 Å². The van der Waals surface area contributed by atoms with Gasteiger partial charge in [0.25, 0.3) is 5.91 Å². The first-order chi connectivity index (χ1) is 14.2. The van der Waals surface area contributed by atoms with Gasteiger partial charge in [-0.25, -0.2) is 0 Å². The Morgan fingerprint density at radius 1 is 1.10 bits per heavy atom. The molecule has 3 aromatic rings. The molecule has 5 rings (SSSR count). The van der Waals surface area contributed by atoms with Crippen molar-refractivity contribution in [3.63, 3.8) is 0 Å². The van der Waals surface area contributed by atoms with Crippen molar-refractivity contribution in [3.05, 3.63) is 59.5 Å². The first-order valence-corrected chi connectivity index (χ1v) is 9.77. The van der Waals surface area contributed by atoms with Crippen LogP contribution in [0.5, 0.6) is 11.5 Å². The van der Waals surface area contributed by atoms with Gasteiger partial charge in [-0.05, 0) is 50.1 Å². The molecule has 7 nitrogen and oxygen atoms in total. The first-order valence-electron chi connectivity index (χ1n) is 9.77. The first kappa shape index (κ1) is 17.7.